The van der Waals surface area contributed by atoms with Crippen LogP contribution >= 0.6 is 0 Å². The molecule has 6 heteroatoms. The van der Waals surface area contributed by atoms with Crippen molar-refractivity contribution in [2.75, 3.05) is 11.9 Å². The Morgan fingerprint density at radius 2 is 1.85 bits per heavy atom. The van der Waals surface area contributed by atoms with Crippen molar-refractivity contribution in [1.82, 2.24) is 10.2 Å². The van der Waals surface area contributed by atoms with Crippen LogP contribution in [0.15, 0.2) is 59.0 Å². The van der Waals surface area contributed by atoms with Crippen LogP contribution in [0.1, 0.15) is 36.0 Å². The van der Waals surface area contributed by atoms with Gasteiger partial charge in [0.05, 0.1) is 5.56 Å². The molecule has 0 bridgehead atoms. The van der Waals surface area contributed by atoms with E-state index in [0.717, 1.165) is 30.6 Å². The van der Waals surface area contributed by atoms with Crippen molar-refractivity contribution in [2.45, 2.75) is 26.4 Å². The van der Waals surface area contributed by atoms with Crippen LogP contribution in [0.2, 0.25) is 0 Å². The Kier molecular flexibility index (Phi) is 5.98. The number of para-hydroxylation sites is 1. The summed E-state index contributed by atoms with van der Waals surface area (Å²) in [6.45, 7) is 2.86. The lowest BCUT2D eigenvalue weighted by Gasteiger charge is -2.10. The number of nitrogens with zero attached hydrogens (tertiary/aromatic N) is 2. The summed E-state index contributed by atoms with van der Waals surface area (Å²) >= 11 is 0. The number of nitrogens with one attached hydrogen (secondary N) is 1. The van der Waals surface area contributed by atoms with Crippen molar-refractivity contribution in [1.29, 1.82) is 0 Å². The third kappa shape index (κ3) is 4.47. The Bertz CT molecular complexity index is 846. The molecule has 1 aromatic heterocycles. The Morgan fingerprint density at radius 3 is 2.65 bits per heavy atom. The van der Waals surface area contributed by atoms with Crippen LogP contribution in [0.5, 0.6) is 0 Å². The number of esters is 1. The third-order valence-corrected chi connectivity index (χ3v) is 3.81. The maximum absolute atomic E-state index is 12.4. The lowest BCUT2D eigenvalue weighted by Crippen LogP contribution is -2.10. The summed E-state index contributed by atoms with van der Waals surface area (Å²) in [6.07, 6.45) is 2.12. The van der Waals surface area contributed by atoms with Gasteiger partial charge in [0, 0.05) is 17.8 Å². The van der Waals surface area contributed by atoms with E-state index in [1.165, 1.54) is 0 Å². The predicted molar refractivity (Wildman–Crippen MR) is 98.7 cm³/mol. The molecule has 6 nitrogen and oxygen atoms in total. The lowest BCUT2D eigenvalue weighted by molar-refractivity contribution is 0.0440. The van der Waals surface area contributed by atoms with Crippen molar-refractivity contribution in [3.05, 3.63) is 66.1 Å². The molecule has 0 radical (unpaired) electrons. The van der Waals surface area contributed by atoms with Crippen LogP contribution in [-0.4, -0.2) is 22.7 Å². The first kappa shape index (κ1) is 17.7. The number of hydrogen-bond donors (Lipinski definition) is 1. The van der Waals surface area contributed by atoms with E-state index in [4.69, 9.17) is 9.15 Å². The van der Waals surface area contributed by atoms with E-state index in [1.54, 1.807) is 6.07 Å². The van der Waals surface area contributed by atoms with Gasteiger partial charge in [-0.15, -0.1) is 10.2 Å². The molecule has 0 fully saturated rings. The van der Waals surface area contributed by atoms with Gasteiger partial charge >= 0.3 is 5.97 Å². The zero-order valence-corrected chi connectivity index (χ0v) is 14.6. The quantitative estimate of drug-likeness (QED) is 0.481. The third-order valence-electron chi connectivity index (χ3n) is 3.81. The second-order valence-electron chi connectivity index (χ2n) is 5.77. The highest BCUT2D eigenvalue weighted by molar-refractivity contribution is 5.95. The Morgan fingerprint density at radius 1 is 1.08 bits per heavy atom. The normalized spacial score (nSPS) is 10.5. The molecule has 134 valence electrons. The maximum Gasteiger partial charge on any atom is 0.340 e. The number of unbranched alkanes of at least 4 members (excludes halogenated alkanes) is 1. The average molecular weight is 351 g/mol. The van der Waals surface area contributed by atoms with E-state index >= 15 is 0 Å². The first-order chi connectivity index (χ1) is 12.8. The molecular formula is C20H21N3O3. The molecule has 0 aliphatic rings. The van der Waals surface area contributed by atoms with E-state index in [-0.39, 0.29) is 12.5 Å². The van der Waals surface area contributed by atoms with Gasteiger partial charge in [-0.25, -0.2) is 4.79 Å². The van der Waals surface area contributed by atoms with Crippen molar-refractivity contribution >= 4 is 11.7 Å². The molecule has 0 atom stereocenters. The summed E-state index contributed by atoms with van der Waals surface area (Å²) in [5.74, 6) is 0.232. The van der Waals surface area contributed by atoms with Gasteiger partial charge < -0.3 is 14.5 Å². The maximum atomic E-state index is 12.4. The molecule has 0 spiro atoms. The fraction of sp³-hybridized carbons (Fsp3) is 0.250. The first-order valence-electron chi connectivity index (χ1n) is 8.65. The van der Waals surface area contributed by atoms with Crippen molar-refractivity contribution < 1.29 is 13.9 Å². The molecule has 0 saturated carbocycles. The summed E-state index contributed by atoms with van der Waals surface area (Å²) in [4.78, 5) is 12.4. The van der Waals surface area contributed by atoms with E-state index < -0.39 is 5.97 Å². The largest absolute Gasteiger partial charge is 0.452 e. The van der Waals surface area contributed by atoms with Crippen LogP contribution in [-0.2, 0) is 11.3 Å². The summed E-state index contributed by atoms with van der Waals surface area (Å²) in [7, 11) is 0. The zero-order chi connectivity index (χ0) is 18.2. The number of benzene rings is 2. The van der Waals surface area contributed by atoms with E-state index in [1.807, 2.05) is 48.5 Å². The summed E-state index contributed by atoms with van der Waals surface area (Å²) < 4.78 is 10.9. The highest BCUT2D eigenvalue weighted by Crippen LogP contribution is 2.19. The van der Waals surface area contributed by atoms with Gasteiger partial charge in [-0.2, -0.15) is 0 Å². The number of rotatable bonds is 8. The fourth-order valence-electron chi connectivity index (χ4n) is 2.43. The molecule has 0 unspecified atom stereocenters. The van der Waals surface area contributed by atoms with Gasteiger partial charge in [-0.3, -0.25) is 0 Å². The van der Waals surface area contributed by atoms with E-state index in [2.05, 4.69) is 22.4 Å². The first-order valence-corrected chi connectivity index (χ1v) is 8.65. The second-order valence-corrected chi connectivity index (χ2v) is 5.77. The molecule has 0 amide bonds. The van der Waals surface area contributed by atoms with Gasteiger partial charge in [-0.05, 0) is 30.7 Å². The van der Waals surface area contributed by atoms with Gasteiger partial charge in [-0.1, -0.05) is 43.7 Å². The number of ether oxygens (including phenoxy) is 1. The molecule has 0 aliphatic carbocycles. The van der Waals surface area contributed by atoms with Gasteiger partial charge in [0.2, 0.25) is 5.89 Å². The highest BCUT2D eigenvalue weighted by atomic mass is 16.5. The minimum absolute atomic E-state index is 0.0675. The molecule has 3 aromatic rings. The molecule has 0 aliphatic heterocycles. The minimum atomic E-state index is -0.427. The number of aromatic nitrogens is 2. The Labute approximate surface area is 152 Å². The van der Waals surface area contributed by atoms with Gasteiger partial charge in [0.15, 0.2) is 6.61 Å². The van der Waals surface area contributed by atoms with Crippen LogP contribution in [0.3, 0.4) is 0 Å². The standard InChI is InChI=1S/C20H21N3O3/c1-2-3-13-21-17-12-8-7-11-16(17)20(24)25-14-18-22-23-19(26-18)15-9-5-4-6-10-15/h4-12,21H,2-3,13-14H2,1H3. The summed E-state index contributed by atoms with van der Waals surface area (Å²) in [6, 6.07) is 16.7. The van der Waals surface area contributed by atoms with E-state index in [9.17, 15) is 4.79 Å². The predicted octanol–water partition coefficient (Wildman–Crippen LogP) is 4.31. The van der Waals surface area contributed by atoms with Crippen molar-refractivity contribution in [2.24, 2.45) is 0 Å². The molecule has 3 rings (SSSR count). The average Bonchev–Trinajstić information content (AvgIpc) is 3.16. The Balaban J connectivity index is 1.62. The summed E-state index contributed by atoms with van der Waals surface area (Å²) in [5, 5.41) is 11.2. The van der Waals surface area contributed by atoms with Gasteiger partial charge in [0.25, 0.3) is 5.89 Å². The van der Waals surface area contributed by atoms with Crippen LogP contribution in [0, 0.1) is 0 Å². The Hall–Kier alpha value is -3.15. The molecule has 2 aromatic carbocycles. The van der Waals surface area contributed by atoms with Crippen molar-refractivity contribution in [3.63, 3.8) is 0 Å². The smallest absolute Gasteiger partial charge is 0.340 e. The monoisotopic (exact) mass is 351 g/mol. The molecule has 1 N–H and O–H groups in total. The van der Waals surface area contributed by atoms with E-state index in [0.29, 0.717) is 11.5 Å². The van der Waals surface area contributed by atoms with Crippen LogP contribution in [0.4, 0.5) is 5.69 Å². The topological polar surface area (TPSA) is 77.2 Å². The number of carbonyl (C=O) groups excluding carboxylic acids is 1. The number of carbonyl (C=O) groups is 1. The zero-order valence-electron chi connectivity index (χ0n) is 14.6. The molecule has 26 heavy (non-hydrogen) atoms. The lowest BCUT2D eigenvalue weighted by atomic mass is 10.1. The van der Waals surface area contributed by atoms with Gasteiger partial charge in [0.1, 0.15) is 0 Å². The van der Waals surface area contributed by atoms with Crippen LogP contribution < -0.4 is 5.32 Å². The highest BCUT2D eigenvalue weighted by Gasteiger charge is 2.15. The summed E-state index contributed by atoms with van der Waals surface area (Å²) in [5.41, 5.74) is 2.08. The van der Waals surface area contributed by atoms with Crippen molar-refractivity contribution in [3.8, 4) is 11.5 Å². The number of anilines is 1. The molecular weight excluding hydrogens is 330 g/mol. The van der Waals surface area contributed by atoms with Crippen LogP contribution in [0.25, 0.3) is 11.5 Å². The second kappa shape index (κ2) is 8.80. The SMILES string of the molecule is CCCCNc1ccccc1C(=O)OCc1nnc(-c2ccccc2)o1. The minimum Gasteiger partial charge on any atom is -0.452 e. The molecule has 0 saturated heterocycles. The fourth-order valence-corrected chi connectivity index (χ4v) is 2.43. The number of hydrogen-bond acceptors (Lipinski definition) is 6. The molecule has 1 heterocycles.